The first-order valence-corrected chi connectivity index (χ1v) is 10.4. The number of rotatable bonds is 6. The zero-order chi connectivity index (χ0) is 19.2. The van der Waals surface area contributed by atoms with E-state index in [1.54, 1.807) is 24.2 Å². The normalized spacial score (nSPS) is 17.2. The molecule has 1 aromatic heterocycles. The number of amides is 1. The van der Waals surface area contributed by atoms with Crippen LogP contribution in [0.4, 0.5) is 5.82 Å². The second-order valence-corrected chi connectivity index (χ2v) is 8.59. The van der Waals surface area contributed by atoms with Gasteiger partial charge in [0.15, 0.2) is 5.82 Å². The minimum atomic E-state index is 0.0105. The SMILES string of the molecule is Cc1cccc(Sc2nccnc2N2CCCC(C(=O)NCC(C)C)C2)c1. The highest BCUT2D eigenvalue weighted by Crippen LogP contribution is 2.34. The number of hydrogen-bond donors (Lipinski definition) is 1. The van der Waals surface area contributed by atoms with Crippen LogP contribution in [0.15, 0.2) is 46.6 Å². The van der Waals surface area contributed by atoms with Gasteiger partial charge >= 0.3 is 0 Å². The van der Waals surface area contributed by atoms with Crippen LogP contribution in [0.2, 0.25) is 0 Å². The molecule has 27 heavy (non-hydrogen) atoms. The van der Waals surface area contributed by atoms with Crippen LogP contribution >= 0.6 is 11.8 Å². The lowest BCUT2D eigenvalue weighted by molar-refractivity contribution is -0.125. The van der Waals surface area contributed by atoms with E-state index in [-0.39, 0.29) is 11.8 Å². The molecule has 144 valence electrons. The van der Waals surface area contributed by atoms with Crippen LogP contribution in [-0.2, 0) is 4.79 Å². The number of carbonyl (C=O) groups is 1. The molecule has 3 rings (SSSR count). The summed E-state index contributed by atoms with van der Waals surface area (Å²) in [6, 6.07) is 8.40. The Hall–Kier alpha value is -2.08. The highest BCUT2D eigenvalue weighted by Gasteiger charge is 2.28. The van der Waals surface area contributed by atoms with Crippen LogP contribution in [0, 0.1) is 18.8 Å². The van der Waals surface area contributed by atoms with Crippen LogP contribution in [0.5, 0.6) is 0 Å². The molecule has 1 N–H and O–H groups in total. The van der Waals surface area contributed by atoms with Gasteiger partial charge in [0.2, 0.25) is 5.91 Å². The second kappa shape index (κ2) is 9.22. The van der Waals surface area contributed by atoms with Gasteiger partial charge < -0.3 is 10.2 Å². The van der Waals surface area contributed by atoms with Crippen LogP contribution in [0.25, 0.3) is 0 Å². The monoisotopic (exact) mass is 384 g/mol. The van der Waals surface area contributed by atoms with Crippen molar-refractivity contribution in [2.75, 3.05) is 24.5 Å². The van der Waals surface area contributed by atoms with E-state index in [1.165, 1.54) is 5.56 Å². The van der Waals surface area contributed by atoms with E-state index >= 15 is 0 Å². The first-order chi connectivity index (χ1) is 13.0. The molecule has 2 heterocycles. The van der Waals surface area contributed by atoms with E-state index in [9.17, 15) is 4.79 Å². The molecule has 1 saturated heterocycles. The minimum absolute atomic E-state index is 0.0105. The first-order valence-electron chi connectivity index (χ1n) is 9.61. The van der Waals surface area contributed by atoms with Crippen molar-refractivity contribution in [2.45, 2.75) is 43.5 Å². The Morgan fingerprint density at radius 3 is 2.93 bits per heavy atom. The number of aryl methyl sites for hydroxylation is 1. The molecule has 0 bridgehead atoms. The van der Waals surface area contributed by atoms with Crippen molar-refractivity contribution in [3.63, 3.8) is 0 Å². The standard InChI is InChI=1S/C21H28N4OS/c1-15(2)13-24-20(26)17-7-5-11-25(14-17)19-21(23-10-9-22-19)27-18-8-4-6-16(3)12-18/h4,6,8-10,12,15,17H,5,7,11,13-14H2,1-3H3,(H,24,26). The molecule has 6 heteroatoms. The number of aromatic nitrogens is 2. The number of nitrogens with one attached hydrogen (secondary N) is 1. The summed E-state index contributed by atoms with van der Waals surface area (Å²) in [7, 11) is 0. The molecule has 1 aliphatic heterocycles. The van der Waals surface area contributed by atoms with Gasteiger partial charge in [-0.1, -0.05) is 43.3 Å². The predicted octanol–water partition coefficient (Wildman–Crippen LogP) is 3.92. The summed E-state index contributed by atoms with van der Waals surface area (Å²) in [5.74, 6) is 1.51. The molecule has 5 nitrogen and oxygen atoms in total. The summed E-state index contributed by atoms with van der Waals surface area (Å²) in [6.07, 6.45) is 5.39. The van der Waals surface area contributed by atoms with Gasteiger partial charge in [-0.15, -0.1) is 0 Å². The summed E-state index contributed by atoms with van der Waals surface area (Å²) in [5.41, 5.74) is 1.23. The van der Waals surface area contributed by atoms with Gasteiger partial charge in [-0.05, 0) is 37.8 Å². The summed E-state index contributed by atoms with van der Waals surface area (Å²) in [4.78, 5) is 25.0. The average Bonchev–Trinajstić information content (AvgIpc) is 2.66. The van der Waals surface area contributed by atoms with Gasteiger partial charge in [-0.3, -0.25) is 4.79 Å². The minimum Gasteiger partial charge on any atom is -0.356 e. The number of hydrogen-bond acceptors (Lipinski definition) is 5. The third-order valence-corrected chi connectivity index (χ3v) is 5.60. The van der Waals surface area contributed by atoms with Gasteiger partial charge in [-0.2, -0.15) is 0 Å². The Labute approximate surface area is 166 Å². The molecule has 1 amide bonds. The fourth-order valence-corrected chi connectivity index (χ4v) is 4.23. The molecule has 0 spiro atoms. The third-order valence-electron chi connectivity index (χ3n) is 4.63. The van der Waals surface area contributed by atoms with E-state index in [1.807, 2.05) is 0 Å². The van der Waals surface area contributed by atoms with E-state index in [4.69, 9.17) is 0 Å². The van der Waals surface area contributed by atoms with Crippen LogP contribution in [-0.4, -0.2) is 35.5 Å². The van der Waals surface area contributed by atoms with Crippen LogP contribution < -0.4 is 10.2 Å². The molecule has 2 aromatic rings. The van der Waals surface area contributed by atoms with E-state index < -0.39 is 0 Å². The van der Waals surface area contributed by atoms with Gasteiger partial charge in [0.1, 0.15) is 5.03 Å². The largest absolute Gasteiger partial charge is 0.356 e. The average molecular weight is 385 g/mol. The molecule has 1 aliphatic rings. The lowest BCUT2D eigenvalue weighted by Crippen LogP contribution is -2.44. The van der Waals surface area contributed by atoms with Crippen molar-refractivity contribution in [3.8, 4) is 0 Å². The quantitative estimate of drug-likeness (QED) is 0.818. The Morgan fingerprint density at radius 1 is 1.33 bits per heavy atom. The molecule has 1 unspecified atom stereocenters. The van der Waals surface area contributed by atoms with Crippen molar-refractivity contribution >= 4 is 23.5 Å². The molecule has 1 atom stereocenters. The first kappa shape index (κ1) is 19.7. The Morgan fingerprint density at radius 2 is 2.15 bits per heavy atom. The fourth-order valence-electron chi connectivity index (χ4n) is 3.23. The third kappa shape index (κ3) is 5.45. The van der Waals surface area contributed by atoms with Crippen LogP contribution in [0.3, 0.4) is 0 Å². The smallest absolute Gasteiger partial charge is 0.224 e. The number of benzene rings is 1. The van der Waals surface area contributed by atoms with Crippen molar-refractivity contribution in [1.82, 2.24) is 15.3 Å². The fraction of sp³-hybridized carbons (Fsp3) is 0.476. The van der Waals surface area contributed by atoms with Crippen molar-refractivity contribution in [3.05, 3.63) is 42.2 Å². The maximum absolute atomic E-state index is 12.5. The summed E-state index contributed by atoms with van der Waals surface area (Å²) in [6.45, 7) is 8.66. The maximum atomic E-state index is 12.5. The molecule has 0 saturated carbocycles. The highest BCUT2D eigenvalue weighted by molar-refractivity contribution is 7.99. The lowest BCUT2D eigenvalue weighted by atomic mass is 9.97. The maximum Gasteiger partial charge on any atom is 0.224 e. The van der Waals surface area contributed by atoms with E-state index in [0.717, 1.165) is 41.7 Å². The predicted molar refractivity (Wildman–Crippen MR) is 110 cm³/mol. The van der Waals surface area contributed by atoms with Crippen LogP contribution in [0.1, 0.15) is 32.3 Å². The highest BCUT2D eigenvalue weighted by atomic mass is 32.2. The number of piperidine rings is 1. The Balaban J connectivity index is 1.73. The van der Waals surface area contributed by atoms with Gasteiger partial charge in [0.25, 0.3) is 0 Å². The van der Waals surface area contributed by atoms with E-state index in [0.29, 0.717) is 12.5 Å². The molecular formula is C21H28N4OS. The van der Waals surface area contributed by atoms with Gasteiger partial charge in [0.05, 0.1) is 5.92 Å². The van der Waals surface area contributed by atoms with Gasteiger partial charge in [0, 0.05) is 36.9 Å². The topological polar surface area (TPSA) is 58.1 Å². The molecule has 0 radical (unpaired) electrons. The summed E-state index contributed by atoms with van der Waals surface area (Å²) < 4.78 is 0. The lowest BCUT2D eigenvalue weighted by Gasteiger charge is -2.33. The van der Waals surface area contributed by atoms with E-state index in [2.05, 4.69) is 65.2 Å². The molecule has 1 fully saturated rings. The van der Waals surface area contributed by atoms with Gasteiger partial charge in [-0.25, -0.2) is 9.97 Å². The molecular weight excluding hydrogens is 356 g/mol. The number of carbonyl (C=O) groups excluding carboxylic acids is 1. The number of nitrogens with zero attached hydrogens (tertiary/aromatic N) is 3. The Kier molecular flexibility index (Phi) is 6.72. The van der Waals surface area contributed by atoms with Crippen molar-refractivity contribution in [2.24, 2.45) is 11.8 Å². The second-order valence-electron chi connectivity index (χ2n) is 7.53. The van der Waals surface area contributed by atoms with Crippen molar-refractivity contribution < 1.29 is 4.79 Å². The summed E-state index contributed by atoms with van der Waals surface area (Å²) >= 11 is 1.63. The van der Waals surface area contributed by atoms with Crippen molar-refractivity contribution in [1.29, 1.82) is 0 Å². The zero-order valence-corrected chi connectivity index (χ0v) is 17.1. The number of anilines is 1. The Bertz CT molecular complexity index is 780. The molecule has 1 aromatic carbocycles. The summed E-state index contributed by atoms with van der Waals surface area (Å²) in [5, 5.41) is 3.97. The zero-order valence-electron chi connectivity index (χ0n) is 16.3. The molecule has 0 aliphatic carbocycles.